The maximum atomic E-state index is 13.3. The van der Waals surface area contributed by atoms with Crippen LogP contribution in [0.3, 0.4) is 0 Å². The van der Waals surface area contributed by atoms with E-state index in [0.29, 0.717) is 17.1 Å². The van der Waals surface area contributed by atoms with Gasteiger partial charge in [0.2, 0.25) is 0 Å². The lowest BCUT2D eigenvalue weighted by molar-refractivity contribution is 0.392. The van der Waals surface area contributed by atoms with Gasteiger partial charge in [0.05, 0.1) is 11.0 Å². The third-order valence-corrected chi connectivity index (χ3v) is 3.86. The highest BCUT2D eigenvalue weighted by molar-refractivity contribution is 5.76. The molecular weight excluding hydrogens is 248 g/mol. The highest BCUT2D eigenvalue weighted by Crippen LogP contribution is 2.20. The molecule has 0 bridgehead atoms. The Morgan fingerprint density at radius 2 is 2.11 bits per heavy atom. The van der Waals surface area contributed by atoms with E-state index in [1.807, 2.05) is 11.6 Å². The molecule has 19 heavy (non-hydrogen) atoms. The van der Waals surface area contributed by atoms with E-state index in [1.165, 1.54) is 25.0 Å². The van der Waals surface area contributed by atoms with Crippen LogP contribution in [0.5, 0.6) is 0 Å². The number of nitrogens with one attached hydrogen (secondary N) is 1. The van der Waals surface area contributed by atoms with Gasteiger partial charge in [0.1, 0.15) is 5.82 Å². The minimum atomic E-state index is -0.840. The Balaban J connectivity index is 1.93. The van der Waals surface area contributed by atoms with Gasteiger partial charge in [0, 0.05) is 31.6 Å². The van der Waals surface area contributed by atoms with Gasteiger partial charge in [-0.25, -0.2) is 13.8 Å². The molecule has 1 aliphatic rings. The second-order valence-corrected chi connectivity index (χ2v) is 5.19. The summed E-state index contributed by atoms with van der Waals surface area (Å²) in [5.41, 5.74) is 1.16. The van der Waals surface area contributed by atoms with Crippen molar-refractivity contribution in [2.45, 2.75) is 31.7 Å². The van der Waals surface area contributed by atoms with Gasteiger partial charge in [-0.3, -0.25) is 0 Å². The van der Waals surface area contributed by atoms with Crippen LogP contribution in [0, 0.1) is 11.6 Å². The summed E-state index contributed by atoms with van der Waals surface area (Å²) in [6, 6.07) is 2.80. The van der Waals surface area contributed by atoms with Crippen molar-refractivity contribution in [3.05, 3.63) is 29.6 Å². The molecule has 0 spiro atoms. The summed E-state index contributed by atoms with van der Waals surface area (Å²) < 4.78 is 28.3. The lowest BCUT2D eigenvalue weighted by Gasteiger charge is -2.22. The fraction of sp³-hybridized carbons (Fsp3) is 0.500. The SMILES string of the molecule is Cn1c(CC2CCCCN2)nc2cc(F)c(F)cc21. The van der Waals surface area contributed by atoms with E-state index in [4.69, 9.17) is 0 Å². The van der Waals surface area contributed by atoms with Gasteiger partial charge in [-0.15, -0.1) is 0 Å². The van der Waals surface area contributed by atoms with Gasteiger partial charge in [-0.1, -0.05) is 6.42 Å². The summed E-state index contributed by atoms with van der Waals surface area (Å²) in [5.74, 6) is -0.787. The molecule has 3 nitrogen and oxygen atoms in total. The zero-order valence-corrected chi connectivity index (χ0v) is 10.9. The third kappa shape index (κ3) is 2.34. The largest absolute Gasteiger partial charge is 0.331 e. The predicted octanol–water partition coefficient (Wildman–Crippen LogP) is 2.54. The molecule has 1 aliphatic heterocycles. The number of halogens is 2. The van der Waals surface area contributed by atoms with Gasteiger partial charge >= 0.3 is 0 Å². The number of imidazole rings is 1. The molecule has 3 rings (SSSR count). The smallest absolute Gasteiger partial charge is 0.161 e. The number of piperidine rings is 1. The number of fused-ring (bicyclic) bond motifs is 1. The molecule has 0 aliphatic carbocycles. The molecule has 1 aromatic heterocycles. The van der Waals surface area contributed by atoms with Crippen molar-refractivity contribution in [2.24, 2.45) is 7.05 Å². The standard InChI is InChI=1S/C14H17F2N3/c1-19-13-8-11(16)10(15)7-12(13)18-14(19)6-9-4-2-3-5-17-9/h7-9,17H,2-6H2,1H3. The van der Waals surface area contributed by atoms with E-state index in [-0.39, 0.29) is 0 Å². The van der Waals surface area contributed by atoms with E-state index < -0.39 is 11.6 Å². The van der Waals surface area contributed by atoms with E-state index in [0.717, 1.165) is 25.2 Å². The Labute approximate surface area is 110 Å². The van der Waals surface area contributed by atoms with Gasteiger partial charge in [-0.05, 0) is 19.4 Å². The predicted molar refractivity (Wildman–Crippen MR) is 70.0 cm³/mol. The monoisotopic (exact) mass is 265 g/mol. The molecule has 1 aromatic carbocycles. The van der Waals surface area contributed by atoms with E-state index in [2.05, 4.69) is 10.3 Å². The number of hydrogen-bond acceptors (Lipinski definition) is 2. The number of benzene rings is 1. The van der Waals surface area contributed by atoms with Crippen LogP contribution in [-0.2, 0) is 13.5 Å². The van der Waals surface area contributed by atoms with E-state index >= 15 is 0 Å². The number of aromatic nitrogens is 2. The molecule has 1 N–H and O–H groups in total. The average Bonchev–Trinajstić information content (AvgIpc) is 2.69. The molecule has 1 unspecified atom stereocenters. The zero-order chi connectivity index (χ0) is 13.4. The Hall–Kier alpha value is -1.49. The fourth-order valence-corrected chi connectivity index (χ4v) is 2.74. The molecule has 5 heteroatoms. The first kappa shape index (κ1) is 12.5. The number of rotatable bonds is 2. The molecule has 2 aromatic rings. The van der Waals surface area contributed by atoms with Crippen LogP contribution >= 0.6 is 0 Å². The quantitative estimate of drug-likeness (QED) is 0.904. The lowest BCUT2D eigenvalue weighted by Crippen LogP contribution is -2.36. The summed E-state index contributed by atoms with van der Waals surface area (Å²) in [4.78, 5) is 4.42. The average molecular weight is 265 g/mol. The van der Waals surface area contributed by atoms with Crippen LogP contribution in [0.2, 0.25) is 0 Å². The molecular formula is C14H17F2N3. The summed E-state index contributed by atoms with van der Waals surface area (Å²) in [7, 11) is 1.85. The van der Waals surface area contributed by atoms with Crippen molar-refractivity contribution in [1.29, 1.82) is 0 Å². The first-order valence-electron chi connectivity index (χ1n) is 6.69. The van der Waals surface area contributed by atoms with Crippen LogP contribution in [0.25, 0.3) is 11.0 Å². The molecule has 0 saturated carbocycles. The first-order chi connectivity index (χ1) is 9.15. The third-order valence-electron chi connectivity index (χ3n) is 3.86. The maximum absolute atomic E-state index is 13.3. The minimum absolute atomic E-state index is 0.416. The fourth-order valence-electron chi connectivity index (χ4n) is 2.74. The van der Waals surface area contributed by atoms with Crippen molar-refractivity contribution in [2.75, 3.05) is 6.54 Å². The summed E-state index contributed by atoms with van der Waals surface area (Å²) in [5, 5.41) is 3.46. The van der Waals surface area contributed by atoms with E-state index in [9.17, 15) is 8.78 Å². The van der Waals surface area contributed by atoms with Crippen molar-refractivity contribution < 1.29 is 8.78 Å². The Morgan fingerprint density at radius 3 is 2.84 bits per heavy atom. The number of aryl methyl sites for hydroxylation is 1. The second-order valence-electron chi connectivity index (χ2n) is 5.19. The van der Waals surface area contributed by atoms with Crippen molar-refractivity contribution in [3.8, 4) is 0 Å². The molecule has 1 saturated heterocycles. The molecule has 1 atom stereocenters. The summed E-state index contributed by atoms with van der Waals surface area (Å²) in [6.45, 7) is 1.04. The van der Waals surface area contributed by atoms with Crippen LogP contribution in [0.1, 0.15) is 25.1 Å². The van der Waals surface area contributed by atoms with Gasteiger partial charge < -0.3 is 9.88 Å². The Morgan fingerprint density at radius 1 is 1.32 bits per heavy atom. The van der Waals surface area contributed by atoms with Crippen molar-refractivity contribution in [1.82, 2.24) is 14.9 Å². The van der Waals surface area contributed by atoms with Crippen LogP contribution in [0.15, 0.2) is 12.1 Å². The Bertz CT molecular complexity index is 600. The molecule has 0 radical (unpaired) electrons. The molecule has 2 heterocycles. The van der Waals surface area contributed by atoms with Gasteiger partial charge in [0.25, 0.3) is 0 Å². The highest BCUT2D eigenvalue weighted by atomic mass is 19.2. The van der Waals surface area contributed by atoms with Gasteiger partial charge in [-0.2, -0.15) is 0 Å². The molecule has 0 amide bonds. The lowest BCUT2D eigenvalue weighted by atomic mass is 10.0. The first-order valence-corrected chi connectivity index (χ1v) is 6.69. The van der Waals surface area contributed by atoms with Crippen LogP contribution in [0.4, 0.5) is 8.78 Å². The van der Waals surface area contributed by atoms with Gasteiger partial charge in [0.15, 0.2) is 11.6 Å². The zero-order valence-electron chi connectivity index (χ0n) is 10.9. The molecule has 102 valence electrons. The van der Waals surface area contributed by atoms with Crippen LogP contribution < -0.4 is 5.32 Å². The highest BCUT2D eigenvalue weighted by Gasteiger charge is 2.18. The topological polar surface area (TPSA) is 29.9 Å². The number of hydrogen-bond donors (Lipinski definition) is 1. The molecule has 1 fully saturated rings. The minimum Gasteiger partial charge on any atom is -0.331 e. The van der Waals surface area contributed by atoms with E-state index in [1.54, 1.807) is 0 Å². The maximum Gasteiger partial charge on any atom is 0.161 e. The number of nitrogens with zero attached hydrogens (tertiary/aromatic N) is 2. The summed E-state index contributed by atoms with van der Waals surface area (Å²) in [6.07, 6.45) is 4.38. The Kier molecular flexibility index (Phi) is 3.22. The van der Waals surface area contributed by atoms with Crippen molar-refractivity contribution in [3.63, 3.8) is 0 Å². The second kappa shape index (κ2) is 4.89. The summed E-state index contributed by atoms with van der Waals surface area (Å²) >= 11 is 0. The normalized spacial score (nSPS) is 20.1. The van der Waals surface area contributed by atoms with Crippen molar-refractivity contribution >= 4 is 11.0 Å². The van der Waals surface area contributed by atoms with Crippen LogP contribution in [-0.4, -0.2) is 22.1 Å².